The standard InChI is InChI=1S/C33H34Cl2N4O4.2ClH/c1-22-8-12-24-6-5-7-29(33(24)37-22)43-21-26-27(34)15-16-28(32(26)35)39(4)31(41)20-36-30(40)17-11-23-9-13-25(14-10-23)42-19-18-38(2)3;;/h5-17H,18-21H2,1-4H3,(H,36,40);2*1H. The second-order valence-electron chi connectivity index (χ2n) is 10.2. The number of carbonyl (C=O) groups excluding carboxylic acids is 2. The number of anilines is 1. The van der Waals surface area contributed by atoms with E-state index in [9.17, 15) is 9.59 Å². The number of hydrogen-bond acceptors (Lipinski definition) is 6. The minimum absolute atomic E-state index is 0. The number of aryl methyl sites for hydroxylation is 1. The van der Waals surface area contributed by atoms with Crippen LogP contribution in [0.25, 0.3) is 17.0 Å². The topological polar surface area (TPSA) is 84.0 Å². The first-order valence-electron chi connectivity index (χ1n) is 13.7. The molecule has 0 atom stereocenters. The van der Waals surface area contributed by atoms with Gasteiger partial charge < -0.3 is 24.6 Å². The van der Waals surface area contributed by atoms with Gasteiger partial charge in [-0.3, -0.25) is 9.59 Å². The molecule has 0 aliphatic heterocycles. The summed E-state index contributed by atoms with van der Waals surface area (Å²) in [4.78, 5) is 33.3. The Kier molecular flexibility index (Phi) is 14.9. The molecule has 8 nitrogen and oxygen atoms in total. The minimum atomic E-state index is -0.400. The highest BCUT2D eigenvalue weighted by Crippen LogP contribution is 2.35. The number of benzene rings is 3. The molecule has 4 rings (SSSR count). The lowest BCUT2D eigenvalue weighted by atomic mass is 10.1. The summed E-state index contributed by atoms with van der Waals surface area (Å²) in [5.41, 5.74) is 3.42. The van der Waals surface area contributed by atoms with Gasteiger partial charge in [-0.05, 0) is 69.1 Å². The van der Waals surface area contributed by atoms with Gasteiger partial charge in [-0.25, -0.2) is 4.98 Å². The maximum atomic E-state index is 12.9. The molecule has 45 heavy (non-hydrogen) atoms. The summed E-state index contributed by atoms with van der Waals surface area (Å²) in [5.74, 6) is 0.602. The Bertz CT molecular complexity index is 1630. The Morgan fingerprint density at radius 1 is 0.933 bits per heavy atom. The van der Waals surface area contributed by atoms with Crippen LogP contribution in [0.5, 0.6) is 11.5 Å². The van der Waals surface area contributed by atoms with Crippen molar-refractivity contribution in [2.75, 3.05) is 45.7 Å². The molecule has 3 aromatic carbocycles. The van der Waals surface area contributed by atoms with Crippen molar-refractivity contribution in [2.24, 2.45) is 0 Å². The average Bonchev–Trinajstić information content (AvgIpc) is 2.99. The number of para-hydroxylation sites is 1. The first-order valence-corrected chi connectivity index (χ1v) is 14.4. The van der Waals surface area contributed by atoms with Gasteiger partial charge >= 0.3 is 0 Å². The molecular weight excluding hydrogens is 658 g/mol. The first-order chi connectivity index (χ1) is 20.6. The molecule has 0 radical (unpaired) electrons. The van der Waals surface area contributed by atoms with Crippen LogP contribution in [0.2, 0.25) is 10.0 Å². The largest absolute Gasteiger partial charge is 0.492 e. The predicted molar refractivity (Wildman–Crippen MR) is 188 cm³/mol. The van der Waals surface area contributed by atoms with Gasteiger partial charge in [0.2, 0.25) is 11.8 Å². The molecule has 0 unspecified atom stereocenters. The van der Waals surface area contributed by atoms with Crippen LogP contribution in [0.4, 0.5) is 5.69 Å². The molecule has 1 N–H and O–H groups in total. The fourth-order valence-electron chi connectivity index (χ4n) is 4.13. The van der Waals surface area contributed by atoms with Gasteiger partial charge in [-0.2, -0.15) is 0 Å². The Balaban J connectivity index is 0.00000353. The second-order valence-corrected chi connectivity index (χ2v) is 10.9. The van der Waals surface area contributed by atoms with Gasteiger partial charge in [0.05, 0.1) is 17.3 Å². The van der Waals surface area contributed by atoms with E-state index in [1.54, 1.807) is 25.3 Å². The van der Waals surface area contributed by atoms with Crippen molar-refractivity contribution in [3.05, 3.63) is 99.7 Å². The number of rotatable bonds is 12. The Hall–Kier alpha value is -3.53. The van der Waals surface area contributed by atoms with Gasteiger partial charge in [0.25, 0.3) is 0 Å². The summed E-state index contributed by atoms with van der Waals surface area (Å²) in [6.07, 6.45) is 3.05. The Morgan fingerprint density at radius 2 is 1.67 bits per heavy atom. The molecule has 0 saturated heterocycles. The fourth-order valence-corrected chi connectivity index (χ4v) is 4.73. The molecule has 0 bridgehead atoms. The van der Waals surface area contributed by atoms with E-state index in [2.05, 4.69) is 10.3 Å². The van der Waals surface area contributed by atoms with Crippen molar-refractivity contribution in [1.29, 1.82) is 0 Å². The highest BCUT2D eigenvalue weighted by molar-refractivity contribution is 6.38. The van der Waals surface area contributed by atoms with Crippen molar-refractivity contribution >= 4 is 82.5 Å². The number of fused-ring (bicyclic) bond motifs is 1. The lowest BCUT2D eigenvalue weighted by molar-refractivity contribution is -0.122. The molecule has 0 spiro atoms. The molecule has 240 valence electrons. The fraction of sp³-hybridized carbons (Fsp3) is 0.242. The van der Waals surface area contributed by atoms with E-state index in [0.717, 1.165) is 34.5 Å². The van der Waals surface area contributed by atoms with E-state index in [-0.39, 0.29) is 48.9 Å². The van der Waals surface area contributed by atoms with Gasteiger partial charge in [0.1, 0.15) is 30.2 Å². The average molecular weight is 694 g/mol. The molecule has 0 aliphatic carbocycles. The summed E-state index contributed by atoms with van der Waals surface area (Å²) in [5, 5.41) is 4.27. The van der Waals surface area contributed by atoms with E-state index < -0.39 is 5.91 Å². The van der Waals surface area contributed by atoms with Crippen LogP contribution in [0.1, 0.15) is 16.8 Å². The lowest BCUT2D eigenvalue weighted by Crippen LogP contribution is -2.37. The van der Waals surface area contributed by atoms with Crippen LogP contribution < -0.4 is 19.7 Å². The minimum Gasteiger partial charge on any atom is -0.492 e. The highest BCUT2D eigenvalue weighted by atomic mass is 35.5. The predicted octanol–water partition coefficient (Wildman–Crippen LogP) is 7.01. The van der Waals surface area contributed by atoms with E-state index in [1.165, 1.54) is 11.0 Å². The zero-order chi connectivity index (χ0) is 30.9. The second kappa shape index (κ2) is 17.8. The molecule has 0 aliphatic rings. The third-order valence-electron chi connectivity index (χ3n) is 6.62. The monoisotopic (exact) mass is 692 g/mol. The first kappa shape index (κ1) is 37.7. The lowest BCUT2D eigenvalue weighted by Gasteiger charge is -2.21. The number of amides is 2. The summed E-state index contributed by atoms with van der Waals surface area (Å²) < 4.78 is 11.8. The quantitative estimate of drug-likeness (QED) is 0.161. The number of carbonyl (C=O) groups is 2. The summed E-state index contributed by atoms with van der Waals surface area (Å²) >= 11 is 13.2. The number of pyridine rings is 1. The number of hydrogen-bond donors (Lipinski definition) is 1. The van der Waals surface area contributed by atoms with E-state index in [4.69, 9.17) is 32.7 Å². The maximum Gasteiger partial charge on any atom is 0.246 e. The van der Waals surface area contributed by atoms with E-state index in [1.807, 2.05) is 80.5 Å². The number of aromatic nitrogens is 1. The van der Waals surface area contributed by atoms with Crippen molar-refractivity contribution in [1.82, 2.24) is 15.2 Å². The molecular formula is C33H36Cl4N4O4. The van der Waals surface area contributed by atoms with Crippen LogP contribution in [0.3, 0.4) is 0 Å². The highest BCUT2D eigenvalue weighted by Gasteiger charge is 2.19. The van der Waals surface area contributed by atoms with Gasteiger partial charge in [-0.1, -0.05) is 53.5 Å². The molecule has 12 heteroatoms. The van der Waals surface area contributed by atoms with E-state index >= 15 is 0 Å². The number of nitrogens with zero attached hydrogens (tertiary/aromatic N) is 3. The molecule has 0 fully saturated rings. The van der Waals surface area contributed by atoms with Gasteiger partial charge in [-0.15, -0.1) is 24.8 Å². The third kappa shape index (κ3) is 10.5. The molecule has 1 heterocycles. The Morgan fingerprint density at radius 3 is 2.38 bits per heavy atom. The summed E-state index contributed by atoms with van der Waals surface area (Å²) in [6.45, 7) is 3.18. The van der Waals surface area contributed by atoms with Crippen molar-refractivity contribution in [2.45, 2.75) is 13.5 Å². The molecule has 4 aromatic rings. The zero-order valence-electron chi connectivity index (χ0n) is 25.4. The smallest absolute Gasteiger partial charge is 0.246 e. The number of nitrogens with one attached hydrogen (secondary N) is 1. The maximum absolute atomic E-state index is 12.9. The number of likely N-dealkylation sites (N-methyl/N-ethyl adjacent to an activating group) is 2. The van der Waals surface area contributed by atoms with Crippen molar-refractivity contribution in [3.63, 3.8) is 0 Å². The summed E-state index contributed by atoms with van der Waals surface area (Å²) in [6, 6.07) is 20.4. The SMILES string of the molecule is Cc1ccc2cccc(OCc3c(Cl)ccc(N(C)C(=O)CNC(=O)C=Cc4ccc(OCCN(C)C)cc4)c3Cl)c2n1.Cl.Cl. The zero-order valence-corrected chi connectivity index (χ0v) is 28.5. The van der Waals surface area contributed by atoms with Crippen molar-refractivity contribution in [3.8, 4) is 11.5 Å². The van der Waals surface area contributed by atoms with E-state index in [0.29, 0.717) is 28.6 Å². The summed E-state index contributed by atoms with van der Waals surface area (Å²) in [7, 11) is 5.56. The molecule has 0 saturated carbocycles. The van der Waals surface area contributed by atoms with Crippen LogP contribution in [0, 0.1) is 6.92 Å². The number of ether oxygens (including phenoxy) is 2. The normalized spacial score (nSPS) is 10.7. The number of halogens is 4. The van der Waals surface area contributed by atoms with Gasteiger partial charge in [0.15, 0.2) is 0 Å². The van der Waals surface area contributed by atoms with Crippen LogP contribution in [0.15, 0.2) is 72.8 Å². The van der Waals surface area contributed by atoms with Gasteiger partial charge in [0, 0.05) is 41.3 Å². The Labute approximate surface area is 286 Å². The van der Waals surface area contributed by atoms with Crippen molar-refractivity contribution < 1.29 is 19.1 Å². The molecule has 2 amide bonds. The third-order valence-corrected chi connectivity index (χ3v) is 7.40. The van der Waals surface area contributed by atoms with Crippen LogP contribution in [-0.4, -0.2) is 62.5 Å². The van der Waals surface area contributed by atoms with Crippen LogP contribution >= 0.6 is 48.0 Å². The van der Waals surface area contributed by atoms with Crippen LogP contribution in [-0.2, 0) is 16.2 Å². The molecule has 1 aromatic heterocycles.